The molecule has 0 aromatic heterocycles. The van der Waals surface area contributed by atoms with E-state index in [9.17, 15) is 0 Å². The van der Waals surface area contributed by atoms with Crippen LogP contribution in [0.25, 0.3) is 10.8 Å². The molecule has 1 nitrogen and oxygen atoms in total. The molecule has 2 aromatic carbocycles. The standard InChI is InChI=1S/C17H22ClN/c1-4-7-12(2)17(19-3)15-10-11-16(18)14-9-6-5-8-13(14)15/h5-6,8-12,17,19H,4,7H2,1-3H3. The average molecular weight is 276 g/mol. The van der Waals surface area contributed by atoms with Gasteiger partial charge in [-0.25, -0.2) is 0 Å². The van der Waals surface area contributed by atoms with Crippen LogP contribution in [-0.4, -0.2) is 7.05 Å². The zero-order valence-corrected chi connectivity index (χ0v) is 12.7. The highest BCUT2D eigenvalue weighted by molar-refractivity contribution is 6.35. The molecule has 2 unspecified atom stereocenters. The topological polar surface area (TPSA) is 12.0 Å². The fourth-order valence-electron chi connectivity index (χ4n) is 2.93. The molecule has 0 saturated heterocycles. The third kappa shape index (κ3) is 2.93. The molecule has 0 aliphatic rings. The first kappa shape index (κ1) is 14.4. The van der Waals surface area contributed by atoms with E-state index in [1.54, 1.807) is 0 Å². The van der Waals surface area contributed by atoms with E-state index in [2.05, 4.69) is 43.4 Å². The molecule has 2 rings (SSSR count). The van der Waals surface area contributed by atoms with Gasteiger partial charge in [-0.05, 0) is 36.4 Å². The highest BCUT2D eigenvalue weighted by atomic mass is 35.5. The lowest BCUT2D eigenvalue weighted by Gasteiger charge is -2.25. The largest absolute Gasteiger partial charge is 0.313 e. The molecule has 2 atom stereocenters. The number of halogens is 1. The zero-order valence-electron chi connectivity index (χ0n) is 11.9. The third-order valence-corrected chi connectivity index (χ3v) is 4.19. The first-order valence-electron chi connectivity index (χ1n) is 7.03. The van der Waals surface area contributed by atoms with Gasteiger partial charge in [-0.2, -0.15) is 0 Å². The molecular formula is C17H22ClN. The fourth-order valence-corrected chi connectivity index (χ4v) is 3.15. The normalized spacial score (nSPS) is 14.5. The molecule has 0 fully saturated rings. The molecule has 0 heterocycles. The van der Waals surface area contributed by atoms with Crippen molar-refractivity contribution in [2.24, 2.45) is 5.92 Å². The highest BCUT2D eigenvalue weighted by Crippen LogP contribution is 2.33. The second-order valence-electron chi connectivity index (χ2n) is 5.21. The lowest BCUT2D eigenvalue weighted by molar-refractivity contribution is 0.386. The molecular weight excluding hydrogens is 254 g/mol. The zero-order chi connectivity index (χ0) is 13.8. The summed E-state index contributed by atoms with van der Waals surface area (Å²) in [7, 11) is 2.04. The number of hydrogen-bond donors (Lipinski definition) is 1. The van der Waals surface area contributed by atoms with Gasteiger partial charge in [-0.15, -0.1) is 0 Å². The summed E-state index contributed by atoms with van der Waals surface area (Å²) < 4.78 is 0. The van der Waals surface area contributed by atoms with Crippen LogP contribution < -0.4 is 5.32 Å². The quantitative estimate of drug-likeness (QED) is 0.792. The van der Waals surface area contributed by atoms with Crippen LogP contribution in [0.4, 0.5) is 0 Å². The van der Waals surface area contributed by atoms with E-state index in [0.29, 0.717) is 12.0 Å². The van der Waals surface area contributed by atoms with E-state index in [0.717, 1.165) is 10.4 Å². The van der Waals surface area contributed by atoms with Crippen molar-refractivity contribution in [3.63, 3.8) is 0 Å². The second kappa shape index (κ2) is 6.40. The van der Waals surface area contributed by atoms with E-state index in [1.165, 1.54) is 23.8 Å². The highest BCUT2D eigenvalue weighted by Gasteiger charge is 2.19. The third-order valence-electron chi connectivity index (χ3n) is 3.86. The number of benzene rings is 2. The van der Waals surface area contributed by atoms with Crippen molar-refractivity contribution < 1.29 is 0 Å². The molecule has 0 aliphatic carbocycles. The van der Waals surface area contributed by atoms with Crippen molar-refractivity contribution in [2.45, 2.75) is 32.7 Å². The smallest absolute Gasteiger partial charge is 0.0484 e. The Balaban J connectivity index is 2.52. The molecule has 0 amide bonds. The summed E-state index contributed by atoms with van der Waals surface area (Å²) in [5.41, 5.74) is 1.35. The molecule has 1 N–H and O–H groups in total. The van der Waals surface area contributed by atoms with Crippen molar-refractivity contribution in [2.75, 3.05) is 7.05 Å². The molecule has 19 heavy (non-hydrogen) atoms. The minimum Gasteiger partial charge on any atom is -0.313 e. The van der Waals surface area contributed by atoms with E-state index in [1.807, 2.05) is 19.2 Å². The summed E-state index contributed by atoms with van der Waals surface area (Å²) in [5, 5.41) is 6.71. The Morgan fingerprint density at radius 1 is 1.11 bits per heavy atom. The van der Waals surface area contributed by atoms with Gasteiger partial charge in [0.2, 0.25) is 0 Å². The Kier molecular flexibility index (Phi) is 4.84. The predicted octanol–water partition coefficient (Wildman–Crippen LogP) is 5.19. The van der Waals surface area contributed by atoms with Gasteiger partial charge in [-0.3, -0.25) is 0 Å². The molecule has 0 bridgehead atoms. The summed E-state index contributed by atoms with van der Waals surface area (Å²) in [5.74, 6) is 0.611. The molecule has 0 saturated carbocycles. The van der Waals surface area contributed by atoms with Crippen LogP contribution >= 0.6 is 11.6 Å². The summed E-state index contributed by atoms with van der Waals surface area (Å²) in [4.78, 5) is 0. The maximum atomic E-state index is 6.30. The number of nitrogens with one attached hydrogen (secondary N) is 1. The first-order chi connectivity index (χ1) is 9.19. The van der Waals surface area contributed by atoms with Crippen LogP contribution in [0.3, 0.4) is 0 Å². The SMILES string of the molecule is CCCC(C)C(NC)c1ccc(Cl)c2ccccc12. The van der Waals surface area contributed by atoms with Crippen LogP contribution in [0.15, 0.2) is 36.4 Å². The Morgan fingerprint density at radius 2 is 1.79 bits per heavy atom. The number of hydrogen-bond acceptors (Lipinski definition) is 1. The van der Waals surface area contributed by atoms with E-state index in [-0.39, 0.29) is 0 Å². The summed E-state index contributed by atoms with van der Waals surface area (Å²) in [6, 6.07) is 12.9. The predicted molar refractivity (Wildman–Crippen MR) is 84.8 cm³/mol. The maximum Gasteiger partial charge on any atom is 0.0484 e. The number of fused-ring (bicyclic) bond motifs is 1. The van der Waals surface area contributed by atoms with Crippen molar-refractivity contribution in [3.8, 4) is 0 Å². The lowest BCUT2D eigenvalue weighted by atomic mass is 9.88. The van der Waals surface area contributed by atoms with Crippen molar-refractivity contribution in [3.05, 3.63) is 47.0 Å². The van der Waals surface area contributed by atoms with Gasteiger partial charge in [0.25, 0.3) is 0 Å². The molecule has 102 valence electrons. The van der Waals surface area contributed by atoms with Gasteiger partial charge in [0, 0.05) is 16.5 Å². The van der Waals surface area contributed by atoms with Gasteiger partial charge in [0.1, 0.15) is 0 Å². The van der Waals surface area contributed by atoms with E-state index in [4.69, 9.17) is 11.6 Å². The van der Waals surface area contributed by atoms with Crippen LogP contribution in [0.5, 0.6) is 0 Å². The molecule has 2 aromatic rings. The van der Waals surface area contributed by atoms with Crippen LogP contribution in [0.2, 0.25) is 5.02 Å². The Bertz CT molecular complexity index is 550. The maximum absolute atomic E-state index is 6.30. The summed E-state index contributed by atoms with van der Waals surface area (Å²) >= 11 is 6.30. The second-order valence-corrected chi connectivity index (χ2v) is 5.62. The Labute approximate surface area is 121 Å². The van der Waals surface area contributed by atoms with E-state index < -0.39 is 0 Å². The first-order valence-corrected chi connectivity index (χ1v) is 7.41. The Morgan fingerprint density at radius 3 is 2.42 bits per heavy atom. The fraction of sp³-hybridized carbons (Fsp3) is 0.412. The summed E-state index contributed by atoms with van der Waals surface area (Å²) in [6.07, 6.45) is 2.44. The molecule has 2 heteroatoms. The minimum atomic E-state index is 0.377. The molecule has 0 aliphatic heterocycles. The van der Waals surface area contributed by atoms with Gasteiger partial charge < -0.3 is 5.32 Å². The van der Waals surface area contributed by atoms with Crippen LogP contribution in [0.1, 0.15) is 38.3 Å². The van der Waals surface area contributed by atoms with Gasteiger partial charge in [0.15, 0.2) is 0 Å². The average Bonchev–Trinajstić information content (AvgIpc) is 2.43. The van der Waals surface area contributed by atoms with E-state index >= 15 is 0 Å². The van der Waals surface area contributed by atoms with Crippen molar-refractivity contribution >= 4 is 22.4 Å². The van der Waals surface area contributed by atoms with Crippen LogP contribution in [-0.2, 0) is 0 Å². The molecule has 0 radical (unpaired) electrons. The minimum absolute atomic E-state index is 0.377. The Hall–Kier alpha value is -1.05. The van der Waals surface area contributed by atoms with Crippen molar-refractivity contribution in [1.29, 1.82) is 0 Å². The number of rotatable bonds is 5. The van der Waals surface area contributed by atoms with Crippen molar-refractivity contribution in [1.82, 2.24) is 5.32 Å². The van der Waals surface area contributed by atoms with Gasteiger partial charge in [0.05, 0.1) is 0 Å². The van der Waals surface area contributed by atoms with Crippen LogP contribution in [0, 0.1) is 5.92 Å². The molecule has 0 spiro atoms. The monoisotopic (exact) mass is 275 g/mol. The summed E-state index contributed by atoms with van der Waals surface area (Å²) in [6.45, 7) is 4.55. The van der Waals surface area contributed by atoms with Gasteiger partial charge in [-0.1, -0.05) is 62.2 Å². The van der Waals surface area contributed by atoms with Gasteiger partial charge >= 0.3 is 0 Å². The lowest BCUT2D eigenvalue weighted by Crippen LogP contribution is -2.23.